The smallest absolute Gasteiger partial charge is 0.146 e. The lowest BCUT2D eigenvalue weighted by Crippen LogP contribution is -1.86. The van der Waals surface area contributed by atoms with Crippen LogP contribution >= 0.6 is 15.9 Å². The number of aryl methyl sites for hydroxylation is 1. The maximum absolute atomic E-state index is 10.00. The van der Waals surface area contributed by atoms with Crippen LogP contribution in [0.3, 0.4) is 0 Å². The average molecular weight is 351 g/mol. The zero-order valence-electron chi connectivity index (χ0n) is 11.9. The fraction of sp³-hybridized carbons (Fsp3) is 0.200. The fourth-order valence-corrected chi connectivity index (χ4v) is 2.34. The van der Waals surface area contributed by atoms with E-state index in [1.807, 2.05) is 0 Å². The van der Waals surface area contributed by atoms with Crippen molar-refractivity contribution in [1.82, 2.24) is 0 Å². The summed E-state index contributed by atoms with van der Waals surface area (Å²) in [5, 5.41) is 18.2. The number of hydrogen-bond acceptors (Lipinski definition) is 5. The first kappa shape index (κ1) is 15.3. The molecule has 1 N–H and O–H groups in total. The van der Waals surface area contributed by atoms with Gasteiger partial charge in [-0.25, -0.2) is 0 Å². The fourth-order valence-electron chi connectivity index (χ4n) is 1.78. The van der Waals surface area contributed by atoms with Crippen LogP contribution < -0.4 is 9.47 Å². The highest BCUT2D eigenvalue weighted by Crippen LogP contribution is 2.37. The van der Waals surface area contributed by atoms with Crippen LogP contribution in [-0.2, 0) is 0 Å². The normalized spacial score (nSPS) is 10.9. The Bertz CT molecular complexity index is 687. The van der Waals surface area contributed by atoms with Crippen molar-refractivity contribution in [3.8, 4) is 17.2 Å². The largest absolute Gasteiger partial charge is 0.505 e. The zero-order chi connectivity index (χ0) is 15.4. The van der Waals surface area contributed by atoms with E-state index in [9.17, 15) is 5.11 Å². The molecule has 0 bridgehead atoms. The van der Waals surface area contributed by atoms with Gasteiger partial charge in [-0.05, 0) is 36.8 Å². The number of nitrogens with zero attached hydrogens (tertiary/aromatic N) is 2. The van der Waals surface area contributed by atoms with Crippen LogP contribution in [0.1, 0.15) is 5.56 Å². The van der Waals surface area contributed by atoms with Gasteiger partial charge in [-0.2, -0.15) is 0 Å². The molecule has 0 amide bonds. The average Bonchev–Trinajstić information content (AvgIpc) is 2.49. The van der Waals surface area contributed by atoms with Crippen molar-refractivity contribution in [1.29, 1.82) is 0 Å². The molecule has 0 aromatic heterocycles. The number of azo groups is 1. The van der Waals surface area contributed by atoms with E-state index in [0.29, 0.717) is 22.9 Å². The SMILES string of the molecule is COc1ccc(OC)c(N=Nc2cc(Br)cc(C)c2O)c1. The summed E-state index contributed by atoms with van der Waals surface area (Å²) in [6.07, 6.45) is 0. The quantitative estimate of drug-likeness (QED) is 0.797. The van der Waals surface area contributed by atoms with E-state index in [1.165, 1.54) is 0 Å². The van der Waals surface area contributed by atoms with Gasteiger partial charge in [-0.1, -0.05) is 15.9 Å². The van der Waals surface area contributed by atoms with E-state index in [-0.39, 0.29) is 5.75 Å². The minimum atomic E-state index is 0.101. The molecule has 2 rings (SSSR count). The van der Waals surface area contributed by atoms with Gasteiger partial charge in [-0.15, -0.1) is 10.2 Å². The second-order valence-electron chi connectivity index (χ2n) is 4.33. The molecule has 2 aromatic rings. The standard InChI is InChI=1S/C15H15BrN2O3/c1-9-6-10(16)7-13(15(9)19)18-17-12-8-11(20-2)4-5-14(12)21-3/h4-8,19H,1-3H3. The molecule has 110 valence electrons. The Balaban J connectivity index is 2.41. The van der Waals surface area contributed by atoms with E-state index in [4.69, 9.17) is 9.47 Å². The number of ether oxygens (including phenoxy) is 2. The third-order valence-corrected chi connectivity index (χ3v) is 3.35. The van der Waals surface area contributed by atoms with Crippen molar-refractivity contribution in [2.24, 2.45) is 10.2 Å². The lowest BCUT2D eigenvalue weighted by molar-refractivity contribution is 0.404. The van der Waals surface area contributed by atoms with Crippen molar-refractivity contribution in [2.45, 2.75) is 6.92 Å². The molecule has 6 heteroatoms. The van der Waals surface area contributed by atoms with Gasteiger partial charge in [-0.3, -0.25) is 0 Å². The molecular weight excluding hydrogens is 336 g/mol. The highest BCUT2D eigenvalue weighted by atomic mass is 79.9. The Morgan fingerprint density at radius 3 is 2.38 bits per heavy atom. The van der Waals surface area contributed by atoms with Crippen molar-refractivity contribution in [2.75, 3.05) is 14.2 Å². The van der Waals surface area contributed by atoms with E-state index >= 15 is 0 Å². The molecule has 0 radical (unpaired) electrons. The van der Waals surface area contributed by atoms with E-state index < -0.39 is 0 Å². The highest BCUT2D eigenvalue weighted by molar-refractivity contribution is 9.10. The van der Waals surface area contributed by atoms with Gasteiger partial charge in [0.2, 0.25) is 0 Å². The summed E-state index contributed by atoms with van der Waals surface area (Å²) in [4.78, 5) is 0. The molecule has 0 heterocycles. The minimum absolute atomic E-state index is 0.101. The van der Waals surface area contributed by atoms with Crippen LogP contribution in [0.15, 0.2) is 45.0 Å². The summed E-state index contributed by atoms with van der Waals surface area (Å²) in [5.74, 6) is 1.33. The summed E-state index contributed by atoms with van der Waals surface area (Å²) in [7, 11) is 3.13. The van der Waals surface area contributed by atoms with Gasteiger partial charge in [0.05, 0.1) is 14.2 Å². The predicted molar refractivity (Wildman–Crippen MR) is 84.3 cm³/mol. The number of rotatable bonds is 4. The molecular formula is C15H15BrN2O3. The molecule has 0 spiro atoms. The summed E-state index contributed by atoms with van der Waals surface area (Å²) in [6, 6.07) is 8.74. The number of phenolic OH excluding ortho intramolecular Hbond substituents is 1. The van der Waals surface area contributed by atoms with Crippen molar-refractivity contribution < 1.29 is 14.6 Å². The summed E-state index contributed by atoms with van der Waals surface area (Å²) in [5.41, 5.74) is 1.62. The lowest BCUT2D eigenvalue weighted by Gasteiger charge is -2.06. The van der Waals surface area contributed by atoms with E-state index in [0.717, 1.165) is 10.0 Å². The lowest BCUT2D eigenvalue weighted by atomic mass is 10.2. The number of hydrogen-bond donors (Lipinski definition) is 1. The maximum atomic E-state index is 10.00. The molecule has 2 aromatic carbocycles. The molecule has 21 heavy (non-hydrogen) atoms. The Labute approximate surface area is 131 Å². The number of aromatic hydroxyl groups is 1. The van der Waals surface area contributed by atoms with Crippen molar-refractivity contribution >= 4 is 27.3 Å². The molecule has 0 saturated carbocycles. The first-order chi connectivity index (χ1) is 10.0. The highest BCUT2D eigenvalue weighted by Gasteiger charge is 2.07. The van der Waals surface area contributed by atoms with Gasteiger partial charge in [0.1, 0.15) is 28.6 Å². The Morgan fingerprint density at radius 1 is 1.00 bits per heavy atom. The Kier molecular flexibility index (Phi) is 4.80. The third-order valence-electron chi connectivity index (χ3n) is 2.90. The summed E-state index contributed by atoms with van der Waals surface area (Å²) in [6.45, 7) is 1.80. The van der Waals surface area contributed by atoms with E-state index in [1.54, 1.807) is 51.5 Å². The third kappa shape index (κ3) is 3.52. The van der Waals surface area contributed by atoms with Gasteiger partial charge >= 0.3 is 0 Å². The second kappa shape index (κ2) is 6.58. The van der Waals surface area contributed by atoms with Gasteiger partial charge in [0.15, 0.2) is 0 Å². The Morgan fingerprint density at radius 2 is 1.71 bits per heavy atom. The number of phenols is 1. The van der Waals surface area contributed by atoms with Crippen molar-refractivity contribution in [3.05, 3.63) is 40.4 Å². The van der Waals surface area contributed by atoms with E-state index in [2.05, 4.69) is 26.2 Å². The second-order valence-corrected chi connectivity index (χ2v) is 5.24. The minimum Gasteiger partial charge on any atom is -0.505 e. The van der Waals surface area contributed by atoms with Crippen LogP contribution in [0.5, 0.6) is 17.2 Å². The van der Waals surface area contributed by atoms with Crippen LogP contribution in [0.4, 0.5) is 11.4 Å². The van der Waals surface area contributed by atoms with Gasteiger partial charge in [0, 0.05) is 10.5 Å². The number of benzene rings is 2. The molecule has 0 unspecified atom stereocenters. The van der Waals surface area contributed by atoms with Crippen LogP contribution in [-0.4, -0.2) is 19.3 Å². The van der Waals surface area contributed by atoms with Crippen LogP contribution in [0, 0.1) is 6.92 Å². The molecule has 0 aliphatic carbocycles. The van der Waals surface area contributed by atoms with Crippen LogP contribution in [0.25, 0.3) is 0 Å². The molecule has 5 nitrogen and oxygen atoms in total. The van der Waals surface area contributed by atoms with Crippen LogP contribution in [0.2, 0.25) is 0 Å². The number of methoxy groups -OCH3 is 2. The van der Waals surface area contributed by atoms with Gasteiger partial charge < -0.3 is 14.6 Å². The zero-order valence-corrected chi connectivity index (χ0v) is 13.5. The first-order valence-corrected chi connectivity index (χ1v) is 6.97. The Hall–Kier alpha value is -2.08. The molecule has 0 fully saturated rings. The maximum Gasteiger partial charge on any atom is 0.146 e. The molecule has 0 aliphatic rings. The number of halogens is 1. The molecule has 0 saturated heterocycles. The van der Waals surface area contributed by atoms with Gasteiger partial charge in [0.25, 0.3) is 0 Å². The molecule has 0 aliphatic heterocycles. The summed E-state index contributed by atoms with van der Waals surface area (Å²) >= 11 is 3.37. The first-order valence-electron chi connectivity index (χ1n) is 6.18. The monoisotopic (exact) mass is 350 g/mol. The predicted octanol–water partition coefficient (Wildman–Crippen LogP) is 4.90. The van der Waals surface area contributed by atoms with Crippen molar-refractivity contribution in [3.63, 3.8) is 0 Å². The topological polar surface area (TPSA) is 63.4 Å². The molecule has 0 atom stereocenters. The summed E-state index contributed by atoms with van der Waals surface area (Å²) < 4.78 is 11.2.